The van der Waals surface area contributed by atoms with Gasteiger partial charge in [-0.3, -0.25) is 4.79 Å². The van der Waals surface area contributed by atoms with Gasteiger partial charge in [0.2, 0.25) is 0 Å². The molecule has 1 aliphatic rings. The monoisotopic (exact) mass is 406 g/mol. The smallest absolute Gasteiger partial charge is 0.258 e. The van der Waals surface area contributed by atoms with Gasteiger partial charge in [0.05, 0.1) is 10.9 Å². The second-order valence-electron chi connectivity index (χ2n) is 7.84. The summed E-state index contributed by atoms with van der Waals surface area (Å²) in [5.41, 5.74) is 3.19. The molecular weight excluding hydrogens is 384 g/mol. The summed E-state index contributed by atoms with van der Waals surface area (Å²) in [6.07, 6.45) is 5.12. The SMILES string of the molecule is O=c1[nH]c(C2CCN(CCc3c[nH]c4ccc(Cl)cc34)CC2)nc2ccccc12. The number of nitrogens with zero attached hydrogens (tertiary/aromatic N) is 2. The number of para-hydroxylation sites is 1. The van der Waals surface area contributed by atoms with Crippen molar-refractivity contribution >= 4 is 33.4 Å². The molecule has 6 heteroatoms. The molecule has 0 saturated carbocycles. The summed E-state index contributed by atoms with van der Waals surface area (Å²) in [4.78, 5) is 25.9. The third-order valence-electron chi connectivity index (χ3n) is 6.03. The number of piperidine rings is 1. The number of aromatic amines is 2. The lowest BCUT2D eigenvalue weighted by Gasteiger charge is -2.31. The highest BCUT2D eigenvalue weighted by molar-refractivity contribution is 6.31. The first-order valence-electron chi connectivity index (χ1n) is 10.1. The van der Waals surface area contributed by atoms with Crippen LogP contribution in [0.25, 0.3) is 21.8 Å². The number of hydrogen-bond acceptors (Lipinski definition) is 3. The van der Waals surface area contributed by atoms with Crippen LogP contribution >= 0.6 is 11.6 Å². The molecular formula is C23H23ClN4O. The maximum atomic E-state index is 12.4. The Hall–Kier alpha value is -2.63. The van der Waals surface area contributed by atoms with Gasteiger partial charge in [-0.15, -0.1) is 0 Å². The van der Waals surface area contributed by atoms with Crippen molar-refractivity contribution in [3.63, 3.8) is 0 Å². The van der Waals surface area contributed by atoms with E-state index in [1.54, 1.807) is 0 Å². The number of hydrogen-bond donors (Lipinski definition) is 2. The molecule has 2 aromatic heterocycles. The van der Waals surface area contributed by atoms with Gasteiger partial charge in [-0.1, -0.05) is 23.7 Å². The van der Waals surface area contributed by atoms with Crippen molar-refractivity contribution in [2.45, 2.75) is 25.2 Å². The van der Waals surface area contributed by atoms with Crippen LogP contribution in [0.4, 0.5) is 0 Å². The van der Waals surface area contributed by atoms with Gasteiger partial charge in [-0.05, 0) is 68.2 Å². The molecule has 0 unspecified atom stereocenters. The Morgan fingerprint density at radius 2 is 1.93 bits per heavy atom. The number of H-pyrrole nitrogens is 2. The first kappa shape index (κ1) is 18.4. The molecule has 1 saturated heterocycles. The number of fused-ring (bicyclic) bond motifs is 2. The van der Waals surface area contributed by atoms with E-state index in [-0.39, 0.29) is 5.56 Å². The number of rotatable bonds is 4. The maximum Gasteiger partial charge on any atom is 0.258 e. The molecule has 4 aromatic rings. The molecule has 0 spiro atoms. The molecule has 0 bridgehead atoms. The molecule has 0 amide bonds. The van der Waals surface area contributed by atoms with E-state index < -0.39 is 0 Å². The molecule has 2 N–H and O–H groups in total. The Morgan fingerprint density at radius 3 is 2.79 bits per heavy atom. The lowest BCUT2D eigenvalue weighted by molar-refractivity contribution is 0.211. The van der Waals surface area contributed by atoms with Gasteiger partial charge in [0.25, 0.3) is 5.56 Å². The first-order chi connectivity index (χ1) is 14.2. The quantitative estimate of drug-likeness (QED) is 0.525. The zero-order valence-corrected chi connectivity index (χ0v) is 16.9. The Labute approximate surface area is 173 Å². The van der Waals surface area contributed by atoms with E-state index in [0.29, 0.717) is 11.3 Å². The number of halogens is 1. The fraction of sp³-hybridized carbons (Fsp3) is 0.304. The molecule has 5 nitrogen and oxygen atoms in total. The van der Waals surface area contributed by atoms with E-state index in [1.165, 1.54) is 10.9 Å². The van der Waals surface area contributed by atoms with E-state index in [2.05, 4.69) is 21.1 Å². The molecule has 0 radical (unpaired) electrons. The Balaban J connectivity index is 1.24. The lowest BCUT2D eigenvalue weighted by Crippen LogP contribution is -2.35. The third-order valence-corrected chi connectivity index (χ3v) is 6.27. The second kappa shape index (κ2) is 7.65. The van der Waals surface area contributed by atoms with Crippen LogP contribution in [-0.4, -0.2) is 39.5 Å². The standard InChI is InChI=1S/C23H23ClN4O/c24-17-5-6-20-19(13-17)16(14-25-20)9-12-28-10-7-15(8-11-28)22-26-21-4-2-1-3-18(21)23(29)27-22/h1-6,13-15,25H,7-12H2,(H,26,27,29). The number of likely N-dealkylation sites (tertiary alicyclic amines) is 1. The maximum absolute atomic E-state index is 12.4. The van der Waals surface area contributed by atoms with Crippen molar-refractivity contribution in [3.8, 4) is 0 Å². The van der Waals surface area contributed by atoms with Crippen molar-refractivity contribution in [3.05, 3.63) is 75.4 Å². The van der Waals surface area contributed by atoms with Gasteiger partial charge >= 0.3 is 0 Å². The van der Waals surface area contributed by atoms with Crippen LogP contribution in [-0.2, 0) is 6.42 Å². The van der Waals surface area contributed by atoms with Crippen LogP contribution in [0.3, 0.4) is 0 Å². The summed E-state index contributed by atoms with van der Waals surface area (Å²) in [6.45, 7) is 3.06. The highest BCUT2D eigenvalue weighted by Gasteiger charge is 2.23. The number of benzene rings is 2. The molecule has 3 heterocycles. The summed E-state index contributed by atoms with van der Waals surface area (Å²) in [6, 6.07) is 13.5. The Kier molecular flexibility index (Phi) is 4.86. The summed E-state index contributed by atoms with van der Waals surface area (Å²) in [7, 11) is 0. The topological polar surface area (TPSA) is 64.8 Å². The van der Waals surface area contributed by atoms with E-state index >= 15 is 0 Å². The number of nitrogens with one attached hydrogen (secondary N) is 2. The predicted octanol–water partition coefficient (Wildman–Crippen LogP) is 4.48. The van der Waals surface area contributed by atoms with Crippen LogP contribution in [0.2, 0.25) is 5.02 Å². The summed E-state index contributed by atoms with van der Waals surface area (Å²) >= 11 is 6.16. The average molecular weight is 407 g/mol. The van der Waals surface area contributed by atoms with Crippen molar-refractivity contribution in [1.82, 2.24) is 19.9 Å². The van der Waals surface area contributed by atoms with Gasteiger partial charge in [-0.25, -0.2) is 4.98 Å². The van der Waals surface area contributed by atoms with Gasteiger partial charge in [0.15, 0.2) is 0 Å². The molecule has 29 heavy (non-hydrogen) atoms. The molecule has 2 aromatic carbocycles. The minimum Gasteiger partial charge on any atom is -0.361 e. The normalized spacial score (nSPS) is 16.0. The lowest BCUT2D eigenvalue weighted by atomic mass is 9.95. The van der Waals surface area contributed by atoms with Crippen LogP contribution < -0.4 is 5.56 Å². The van der Waals surface area contributed by atoms with E-state index in [1.807, 2.05) is 42.5 Å². The highest BCUT2D eigenvalue weighted by Crippen LogP contribution is 2.27. The zero-order valence-electron chi connectivity index (χ0n) is 16.1. The van der Waals surface area contributed by atoms with E-state index in [4.69, 9.17) is 16.6 Å². The van der Waals surface area contributed by atoms with Crippen LogP contribution in [0, 0.1) is 0 Å². The van der Waals surface area contributed by atoms with Gasteiger partial charge in [-0.2, -0.15) is 0 Å². The van der Waals surface area contributed by atoms with Crippen LogP contribution in [0.15, 0.2) is 53.5 Å². The van der Waals surface area contributed by atoms with Crippen molar-refractivity contribution in [1.29, 1.82) is 0 Å². The summed E-state index contributed by atoms with van der Waals surface area (Å²) < 4.78 is 0. The first-order valence-corrected chi connectivity index (χ1v) is 10.5. The van der Waals surface area contributed by atoms with Crippen molar-refractivity contribution in [2.75, 3.05) is 19.6 Å². The van der Waals surface area contributed by atoms with Crippen molar-refractivity contribution in [2.24, 2.45) is 0 Å². The molecule has 148 valence electrons. The summed E-state index contributed by atoms with van der Waals surface area (Å²) in [5, 5.41) is 2.65. The molecule has 0 atom stereocenters. The minimum atomic E-state index is -0.0361. The second-order valence-corrected chi connectivity index (χ2v) is 8.27. The third kappa shape index (κ3) is 3.68. The van der Waals surface area contributed by atoms with Crippen LogP contribution in [0.1, 0.15) is 30.1 Å². The molecule has 5 rings (SSSR count). The summed E-state index contributed by atoms with van der Waals surface area (Å²) in [5.74, 6) is 1.15. The van der Waals surface area contributed by atoms with Gasteiger partial charge in [0.1, 0.15) is 5.82 Å². The van der Waals surface area contributed by atoms with Gasteiger partial charge < -0.3 is 14.9 Å². The largest absolute Gasteiger partial charge is 0.361 e. The fourth-order valence-electron chi connectivity index (χ4n) is 4.36. The van der Waals surface area contributed by atoms with Crippen LogP contribution in [0.5, 0.6) is 0 Å². The molecule has 1 aliphatic heterocycles. The minimum absolute atomic E-state index is 0.0361. The molecule has 0 aliphatic carbocycles. The zero-order chi connectivity index (χ0) is 19.8. The molecule has 1 fully saturated rings. The average Bonchev–Trinajstić information content (AvgIpc) is 3.14. The fourth-order valence-corrected chi connectivity index (χ4v) is 4.54. The predicted molar refractivity (Wildman–Crippen MR) is 118 cm³/mol. The van der Waals surface area contributed by atoms with E-state index in [0.717, 1.165) is 60.8 Å². The van der Waals surface area contributed by atoms with E-state index in [9.17, 15) is 4.79 Å². The Morgan fingerprint density at radius 1 is 1.10 bits per heavy atom. The Bertz CT molecular complexity index is 1220. The highest BCUT2D eigenvalue weighted by atomic mass is 35.5. The number of aromatic nitrogens is 3. The van der Waals surface area contributed by atoms with Gasteiger partial charge in [0, 0.05) is 34.6 Å². The van der Waals surface area contributed by atoms with Crippen molar-refractivity contribution < 1.29 is 0 Å².